The van der Waals surface area contributed by atoms with Crippen molar-refractivity contribution in [1.82, 2.24) is 0 Å². The van der Waals surface area contributed by atoms with Crippen molar-refractivity contribution in [3.8, 4) is 17.2 Å². The molecule has 2 aliphatic rings. The summed E-state index contributed by atoms with van der Waals surface area (Å²) in [7, 11) is 4.92. The van der Waals surface area contributed by atoms with E-state index in [0.717, 1.165) is 12.0 Å². The van der Waals surface area contributed by atoms with Crippen LogP contribution in [0.2, 0.25) is 0 Å². The van der Waals surface area contributed by atoms with E-state index in [4.69, 9.17) is 18.9 Å². The van der Waals surface area contributed by atoms with Gasteiger partial charge < -0.3 is 18.9 Å². The molecule has 4 rings (SSSR count). The van der Waals surface area contributed by atoms with Crippen molar-refractivity contribution in [3.05, 3.63) is 39.6 Å². The molecule has 3 atom stereocenters. The lowest BCUT2D eigenvalue weighted by Gasteiger charge is -2.39. The Bertz CT molecular complexity index is 729. The van der Waals surface area contributed by atoms with Crippen LogP contribution in [0.15, 0.2) is 23.6 Å². The normalized spacial score (nSPS) is 25.0. The zero-order valence-electron chi connectivity index (χ0n) is 14.9. The molecule has 1 saturated carbocycles. The number of thiophene rings is 1. The minimum atomic E-state index is -0.0747. The van der Waals surface area contributed by atoms with E-state index >= 15 is 0 Å². The number of rotatable bonds is 4. The molecule has 4 nitrogen and oxygen atoms in total. The van der Waals surface area contributed by atoms with Gasteiger partial charge in [0.05, 0.1) is 27.4 Å². The summed E-state index contributed by atoms with van der Waals surface area (Å²) in [5.74, 6) is 2.51. The molecule has 0 amide bonds. The molecule has 1 fully saturated rings. The van der Waals surface area contributed by atoms with Crippen LogP contribution in [-0.2, 0) is 4.74 Å². The van der Waals surface area contributed by atoms with Gasteiger partial charge in [0, 0.05) is 10.8 Å². The van der Waals surface area contributed by atoms with Gasteiger partial charge >= 0.3 is 0 Å². The number of fused-ring (bicyclic) bond motifs is 3. The zero-order chi connectivity index (χ0) is 17.4. The van der Waals surface area contributed by atoms with Crippen LogP contribution in [-0.4, -0.2) is 27.4 Å². The highest BCUT2D eigenvalue weighted by Crippen LogP contribution is 2.50. The first-order valence-electron chi connectivity index (χ1n) is 8.79. The number of hydrogen-bond acceptors (Lipinski definition) is 5. The molecule has 5 heteroatoms. The molecule has 1 aromatic carbocycles. The van der Waals surface area contributed by atoms with Crippen molar-refractivity contribution < 1.29 is 18.9 Å². The van der Waals surface area contributed by atoms with E-state index in [1.165, 1.54) is 29.7 Å². The van der Waals surface area contributed by atoms with E-state index in [0.29, 0.717) is 29.3 Å². The van der Waals surface area contributed by atoms with Crippen molar-refractivity contribution in [2.45, 2.75) is 43.8 Å². The summed E-state index contributed by atoms with van der Waals surface area (Å²) < 4.78 is 23.1. The Labute approximate surface area is 152 Å². The molecule has 25 heavy (non-hydrogen) atoms. The maximum absolute atomic E-state index is 6.59. The van der Waals surface area contributed by atoms with Crippen molar-refractivity contribution in [2.75, 3.05) is 21.3 Å². The van der Waals surface area contributed by atoms with Crippen LogP contribution in [0.1, 0.15) is 53.7 Å². The minimum absolute atomic E-state index is 0.0747. The predicted molar refractivity (Wildman–Crippen MR) is 98.3 cm³/mol. The van der Waals surface area contributed by atoms with E-state index in [1.807, 2.05) is 23.5 Å². The molecule has 0 spiro atoms. The molecule has 134 valence electrons. The maximum Gasteiger partial charge on any atom is 0.203 e. The summed E-state index contributed by atoms with van der Waals surface area (Å²) >= 11 is 1.87. The first-order valence-corrected chi connectivity index (χ1v) is 9.67. The number of hydrogen-bond donors (Lipinski definition) is 0. The Morgan fingerprint density at radius 3 is 2.40 bits per heavy atom. The first kappa shape index (κ1) is 16.7. The van der Waals surface area contributed by atoms with Gasteiger partial charge in [-0.2, -0.15) is 0 Å². The molecule has 2 aromatic rings. The largest absolute Gasteiger partial charge is 0.493 e. The lowest BCUT2D eigenvalue weighted by Crippen LogP contribution is -2.32. The highest BCUT2D eigenvalue weighted by molar-refractivity contribution is 7.10. The van der Waals surface area contributed by atoms with Crippen LogP contribution in [0.4, 0.5) is 0 Å². The fourth-order valence-corrected chi connectivity index (χ4v) is 5.28. The zero-order valence-corrected chi connectivity index (χ0v) is 15.7. The molecular formula is C20H24O4S. The molecule has 0 radical (unpaired) electrons. The van der Waals surface area contributed by atoms with E-state index in [2.05, 4.69) is 11.4 Å². The predicted octanol–water partition coefficient (Wildman–Crippen LogP) is 4.92. The summed E-state index contributed by atoms with van der Waals surface area (Å²) in [5, 5.41) is 2.19. The third-order valence-corrected chi connectivity index (χ3v) is 6.41. The van der Waals surface area contributed by atoms with Gasteiger partial charge in [0.2, 0.25) is 5.75 Å². The smallest absolute Gasteiger partial charge is 0.203 e. The fraction of sp³-hybridized carbons (Fsp3) is 0.500. The molecular weight excluding hydrogens is 336 g/mol. The van der Waals surface area contributed by atoms with E-state index in [-0.39, 0.29) is 6.10 Å². The van der Waals surface area contributed by atoms with Crippen LogP contribution in [0.3, 0.4) is 0 Å². The maximum atomic E-state index is 6.59. The molecule has 2 heterocycles. The van der Waals surface area contributed by atoms with Crippen molar-refractivity contribution >= 4 is 11.3 Å². The number of ether oxygens (including phenoxy) is 4. The van der Waals surface area contributed by atoms with Crippen LogP contribution in [0.25, 0.3) is 0 Å². The highest BCUT2D eigenvalue weighted by atomic mass is 32.1. The summed E-state index contributed by atoms with van der Waals surface area (Å²) in [6.45, 7) is 0. The second-order valence-electron chi connectivity index (χ2n) is 6.64. The quantitative estimate of drug-likeness (QED) is 0.775. The van der Waals surface area contributed by atoms with Crippen LogP contribution >= 0.6 is 11.3 Å². The standard InChI is InChI=1S/C20H24O4S/c1-21-16-10-12(11-17(22-2)19(16)23-3)18-14-8-9-25-20(14)13-6-4-5-7-15(13)24-18/h8-11,13,15,18H,4-7H2,1-3H3/t13-,15-,18+/m0/s1. The number of benzene rings is 1. The van der Waals surface area contributed by atoms with E-state index in [1.54, 1.807) is 21.3 Å². The highest BCUT2D eigenvalue weighted by Gasteiger charge is 2.39. The van der Waals surface area contributed by atoms with Gasteiger partial charge in [-0.05, 0) is 47.5 Å². The fourth-order valence-electron chi connectivity index (χ4n) is 4.17. The van der Waals surface area contributed by atoms with E-state index in [9.17, 15) is 0 Å². The van der Waals surface area contributed by atoms with Crippen molar-refractivity contribution in [1.29, 1.82) is 0 Å². The number of methoxy groups -OCH3 is 3. The third kappa shape index (κ3) is 2.79. The first-order chi connectivity index (χ1) is 12.3. The van der Waals surface area contributed by atoms with Crippen LogP contribution in [0.5, 0.6) is 17.2 Å². The molecule has 0 saturated heterocycles. The topological polar surface area (TPSA) is 36.9 Å². The molecule has 0 N–H and O–H groups in total. The summed E-state index contributed by atoms with van der Waals surface area (Å²) in [5.41, 5.74) is 2.35. The van der Waals surface area contributed by atoms with Gasteiger partial charge in [-0.25, -0.2) is 0 Å². The average Bonchev–Trinajstić information content (AvgIpc) is 3.16. The summed E-state index contributed by atoms with van der Waals surface area (Å²) in [6, 6.07) is 6.23. The SMILES string of the molecule is COc1cc([C@H]2O[C@H]3CCCC[C@@H]3c3sccc32)cc(OC)c1OC. The second-order valence-corrected chi connectivity index (χ2v) is 7.59. The Morgan fingerprint density at radius 1 is 1.00 bits per heavy atom. The van der Waals surface area contributed by atoms with Gasteiger partial charge in [0.15, 0.2) is 11.5 Å². The van der Waals surface area contributed by atoms with Gasteiger partial charge in [0.1, 0.15) is 6.10 Å². The monoisotopic (exact) mass is 360 g/mol. The van der Waals surface area contributed by atoms with Crippen molar-refractivity contribution in [3.63, 3.8) is 0 Å². The van der Waals surface area contributed by atoms with Gasteiger partial charge in [-0.15, -0.1) is 11.3 Å². The van der Waals surface area contributed by atoms with Gasteiger partial charge in [-0.3, -0.25) is 0 Å². The van der Waals surface area contributed by atoms with Crippen LogP contribution in [0, 0.1) is 0 Å². The lowest BCUT2D eigenvalue weighted by molar-refractivity contribution is -0.0375. The molecule has 1 aliphatic carbocycles. The lowest BCUT2D eigenvalue weighted by atomic mass is 9.80. The molecule has 1 aromatic heterocycles. The Kier molecular flexibility index (Phi) is 4.61. The molecule has 0 bridgehead atoms. The Hall–Kier alpha value is -1.72. The van der Waals surface area contributed by atoms with Gasteiger partial charge in [-0.1, -0.05) is 12.8 Å². The summed E-state index contributed by atoms with van der Waals surface area (Å²) in [4.78, 5) is 1.50. The Balaban J connectivity index is 1.79. The second kappa shape index (κ2) is 6.89. The molecule has 1 aliphatic heterocycles. The van der Waals surface area contributed by atoms with Crippen molar-refractivity contribution in [2.24, 2.45) is 0 Å². The van der Waals surface area contributed by atoms with E-state index < -0.39 is 0 Å². The summed E-state index contributed by atoms with van der Waals surface area (Å²) in [6.07, 6.45) is 5.17. The Morgan fingerprint density at radius 2 is 1.72 bits per heavy atom. The van der Waals surface area contributed by atoms with Gasteiger partial charge in [0.25, 0.3) is 0 Å². The third-order valence-electron chi connectivity index (χ3n) is 5.35. The minimum Gasteiger partial charge on any atom is -0.493 e. The molecule has 0 unspecified atom stereocenters. The average molecular weight is 360 g/mol. The van der Waals surface area contributed by atoms with Crippen LogP contribution < -0.4 is 14.2 Å².